The molecule has 1 heterocycles. The Kier molecular flexibility index (Phi) is 4.68. The Morgan fingerprint density at radius 1 is 1.35 bits per heavy atom. The zero-order chi connectivity index (χ0) is 14.8. The zero-order valence-electron chi connectivity index (χ0n) is 11.9. The molecule has 3 unspecified atom stereocenters. The average molecular weight is 286 g/mol. The Balaban J connectivity index is 2.18. The van der Waals surface area contributed by atoms with E-state index in [0.717, 1.165) is 17.5 Å². The molecule has 0 bridgehead atoms. The van der Waals surface area contributed by atoms with E-state index in [4.69, 9.17) is 0 Å². The van der Waals surface area contributed by atoms with Crippen molar-refractivity contribution in [2.75, 3.05) is 7.05 Å². The third-order valence-electron chi connectivity index (χ3n) is 4.37. The smallest absolute Gasteiger partial charge is 0.313 e. The molecule has 2 nitrogen and oxygen atoms in total. The van der Waals surface area contributed by atoms with Crippen molar-refractivity contribution in [3.63, 3.8) is 0 Å². The third kappa shape index (κ3) is 3.32. The molecule has 1 aromatic heterocycles. The van der Waals surface area contributed by atoms with E-state index in [1.165, 1.54) is 0 Å². The monoisotopic (exact) mass is 286 g/mol. The van der Waals surface area contributed by atoms with Crippen LogP contribution in [0.2, 0.25) is 0 Å². The molecule has 1 fully saturated rings. The number of pyridine rings is 1. The van der Waals surface area contributed by atoms with Gasteiger partial charge in [-0.1, -0.05) is 6.42 Å². The van der Waals surface area contributed by atoms with E-state index in [2.05, 4.69) is 10.3 Å². The Labute approximate surface area is 117 Å². The minimum absolute atomic E-state index is 0.0169. The first-order valence-corrected chi connectivity index (χ1v) is 7.08. The van der Waals surface area contributed by atoms with Crippen LogP contribution in [0.15, 0.2) is 18.5 Å². The maximum Gasteiger partial charge on any atom is 0.391 e. The van der Waals surface area contributed by atoms with Gasteiger partial charge < -0.3 is 5.32 Å². The lowest BCUT2D eigenvalue weighted by molar-refractivity contribution is -0.186. The molecule has 2 rings (SSSR count). The van der Waals surface area contributed by atoms with Crippen LogP contribution in [0.3, 0.4) is 0 Å². The minimum Gasteiger partial charge on any atom is -0.313 e. The molecule has 0 radical (unpaired) electrons. The first-order chi connectivity index (χ1) is 9.43. The normalized spacial score (nSPS) is 25.4. The van der Waals surface area contributed by atoms with Crippen molar-refractivity contribution in [2.45, 2.75) is 44.8 Å². The molecule has 0 spiro atoms. The second-order valence-corrected chi connectivity index (χ2v) is 5.66. The summed E-state index contributed by atoms with van der Waals surface area (Å²) < 4.78 is 38.8. The third-order valence-corrected chi connectivity index (χ3v) is 4.37. The van der Waals surface area contributed by atoms with Crippen LogP contribution in [-0.4, -0.2) is 18.2 Å². The van der Waals surface area contributed by atoms with Gasteiger partial charge in [0.2, 0.25) is 0 Å². The molecule has 0 aromatic carbocycles. The molecule has 112 valence electrons. The maximum absolute atomic E-state index is 12.9. The molecule has 0 saturated heterocycles. The Morgan fingerprint density at radius 2 is 2.10 bits per heavy atom. The number of halogens is 3. The summed E-state index contributed by atoms with van der Waals surface area (Å²) in [7, 11) is 1.81. The fraction of sp³-hybridized carbons (Fsp3) is 0.667. The van der Waals surface area contributed by atoms with E-state index >= 15 is 0 Å². The van der Waals surface area contributed by atoms with Gasteiger partial charge in [-0.3, -0.25) is 4.98 Å². The van der Waals surface area contributed by atoms with Crippen LogP contribution in [0.1, 0.15) is 42.9 Å². The fourth-order valence-electron chi connectivity index (χ4n) is 3.27. The standard InChI is InChI=1S/C15H21F3N2/c1-10-6-7-20-9-13(10)14(19-2)11-4-3-5-12(8-11)15(16,17)18/h6-7,9,11-12,14,19H,3-5,8H2,1-2H3. The lowest BCUT2D eigenvalue weighted by Gasteiger charge is -2.35. The van der Waals surface area contributed by atoms with Gasteiger partial charge in [0.05, 0.1) is 5.92 Å². The highest BCUT2D eigenvalue weighted by Gasteiger charge is 2.43. The molecule has 0 aliphatic heterocycles. The number of rotatable bonds is 3. The molecule has 1 saturated carbocycles. The van der Waals surface area contributed by atoms with Gasteiger partial charge in [0.1, 0.15) is 0 Å². The summed E-state index contributed by atoms with van der Waals surface area (Å²) in [6, 6.07) is 1.86. The van der Waals surface area contributed by atoms with E-state index in [9.17, 15) is 13.2 Å². The average Bonchev–Trinajstić information content (AvgIpc) is 2.41. The van der Waals surface area contributed by atoms with Gasteiger partial charge in [-0.2, -0.15) is 13.2 Å². The zero-order valence-corrected chi connectivity index (χ0v) is 11.9. The fourth-order valence-corrected chi connectivity index (χ4v) is 3.27. The number of hydrogen-bond donors (Lipinski definition) is 1. The number of hydrogen-bond acceptors (Lipinski definition) is 2. The quantitative estimate of drug-likeness (QED) is 0.907. The molecule has 1 aliphatic rings. The number of alkyl halides is 3. The highest BCUT2D eigenvalue weighted by molar-refractivity contribution is 5.25. The van der Waals surface area contributed by atoms with Crippen LogP contribution >= 0.6 is 0 Å². The molecular weight excluding hydrogens is 265 g/mol. The maximum atomic E-state index is 12.9. The summed E-state index contributed by atoms with van der Waals surface area (Å²) >= 11 is 0. The van der Waals surface area contributed by atoms with Crippen molar-refractivity contribution in [3.05, 3.63) is 29.6 Å². The van der Waals surface area contributed by atoms with Crippen LogP contribution in [-0.2, 0) is 0 Å². The first-order valence-electron chi connectivity index (χ1n) is 7.08. The van der Waals surface area contributed by atoms with E-state index in [0.29, 0.717) is 6.42 Å². The highest BCUT2D eigenvalue weighted by atomic mass is 19.4. The van der Waals surface area contributed by atoms with E-state index < -0.39 is 12.1 Å². The minimum atomic E-state index is -4.07. The van der Waals surface area contributed by atoms with Crippen molar-refractivity contribution < 1.29 is 13.2 Å². The molecule has 1 aromatic rings. The van der Waals surface area contributed by atoms with Gasteiger partial charge in [0.15, 0.2) is 0 Å². The second-order valence-electron chi connectivity index (χ2n) is 5.66. The topological polar surface area (TPSA) is 24.9 Å². The van der Waals surface area contributed by atoms with Gasteiger partial charge >= 0.3 is 6.18 Å². The van der Waals surface area contributed by atoms with Crippen molar-refractivity contribution in [2.24, 2.45) is 11.8 Å². The summed E-state index contributed by atoms with van der Waals surface area (Å²) in [4.78, 5) is 4.11. The highest BCUT2D eigenvalue weighted by Crippen LogP contribution is 2.44. The Hall–Kier alpha value is -1.10. The summed E-state index contributed by atoms with van der Waals surface area (Å²) in [5, 5.41) is 3.19. The molecule has 5 heteroatoms. The summed E-state index contributed by atoms with van der Waals surface area (Å²) in [6.07, 6.45) is 1.38. The van der Waals surface area contributed by atoms with Crippen molar-refractivity contribution in [1.29, 1.82) is 0 Å². The molecular formula is C15H21F3N2. The number of aromatic nitrogens is 1. The van der Waals surface area contributed by atoms with Gasteiger partial charge in [0, 0.05) is 18.4 Å². The van der Waals surface area contributed by atoms with Crippen LogP contribution in [0.5, 0.6) is 0 Å². The summed E-state index contributed by atoms with van der Waals surface area (Å²) in [5.74, 6) is -1.14. The lowest BCUT2D eigenvalue weighted by Crippen LogP contribution is -2.34. The predicted octanol–water partition coefficient (Wildman–Crippen LogP) is 4.02. The van der Waals surface area contributed by atoms with E-state index in [1.54, 1.807) is 12.4 Å². The van der Waals surface area contributed by atoms with Gasteiger partial charge in [-0.05, 0) is 56.3 Å². The second kappa shape index (κ2) is 6.12. The number of aryl methyl sites for hydroxylation is 1. The molecule has 1 N–H and O–H groups in total. The van der Waals surface area contributed by atoms with E-state index in [-0.39, 0.29) is 24.8 Å². The van der Waals surface area contributed by atoms with E-state index in [1.807, 2.05) is 20.0 Å². The first kappa shape index (κ1) is 15.3. The molecule has 1 aliphatic carbocycles. The lowest BCUT2D eigenvalue weighted by atomic mass is 9.75. The molecule has 3 atom stereocenters. The van der Waals surface area contributed by atoms with Crippen LogP contribution in [0.4, 0.5) is 13.2 Å². The van der Waals surface area contributed by atoms with Crippen molar-refractivity contribution >= 4 is 0 Å². The van der Waals surface area contributed by atoms with Crippen LogP contribution in [0, 0.1) is 18.8 Å². The van der Waals surface area contributed by atoms with Crippen molar-refractivity contribution in [1.82, 2.24) is 10.3 Å². The SMILES string of the molecule is CNC(c1cnccc1C)C1CCCC(C(F)(F)F)C1. The number of nitrogens with zero attached hydrogens (tertiary/aromatic N) is 1. The predicted molar refractivity (Wildman–Crippen MR) is 72.3 cm³/mol. The van der Waals surface area contributed by atoms with Crippen LogP contribution in [0.25, 0.3) is 0 Å². The molecule has 20 heavy (non-hydrogen) atoms. The summed E-state index contributed by atoms with van der Waals surface area (Å²) in [6.45, 7) is 1.98. The van der Waals surface area contributed by atoms with Crippen LogP contribution < -0.4 is 5.32 Å². The van der Waals surface area contributed by atoms with Crippen molar-refractivity contribution in [3.8, 4) is 0 Å². The summed E-state index contributed by atoms with van der Waals surface area (Å²) in [5.41, 5.74) is 2.09. The number of nitrogens with one attached hydrogen (secondary N) is 1. The molecule has 0 amide bonds. The Morgan fingerprint density at radius 3 is 2.70 bits per heavy atom. The van der Waals surface area contributed by atoms with Gasteiger partial charge in [-0.15, -0.1) is 0 Å². The Bertz CT molecular complexity index is 445. The van der Waals surface area contributed by atoms with Gasteiger partial charge in [0.25, 0.3) is 0 Å². The van der Waals surface area contributed by atoms with Gasteiger partial charge in [-0.25, -0.2) is 0 Å². The largest absolute Gasteiger partial charge is 0.391 e.